The maximum Gasteiger partial charge on any atom is 0.450 e. The van der Waals surface area contributed by atoms with Crippen molar-refractivity contribution < 1.29 is 41.0 Å². The van der Waals surface area contributed by atoms with Gasteiger partial charge >= 0.3 is 6.18 Å². The zero-order chi connectivity index (χ0) is 29.3. The molecule has 4 rings (SSSR count). The van der Waals surface area contributed by atoms with Crippen LogP contribution in [0.3, 0.4) is 0 Å². The van der Waals surface area contributed by atoms with Crippen LogP contribution in [0.4, 0.5) is 22.0 Å². The summed E-state index contributed by atoms with van der Waals surface area (Å²) >= 11 is 12.0. The van der Waals surface area contributed by atoms with Gasteiger partial charge in [0.15, 0.2) is 5.78 Å². The maximum absolute atomic E-state index is 12.4. The summed E-state index contributed by atoms with van der Waals surface area (Å²) in [4.78, 5) is 22.5. The van der Waals surface area contributed by atoms with Gasteiger partial charge in [0.05, 0.1) is 13.2 Å². The van der Waals surface area contributed by atoms with Gasteiger partial charge < -0.3 is 9.47 Å². The number of fused-ring (bicyclic) bond motifs is 2. The van der Waals surface area contributed by atoms with Gasteiger partial charge in [-0.2, -0.15) is 13.2 Å². The minimum absolute atomic E-state index is 0.235. The quantitative estimate of drug-likeness (QED) is 0.306. The lowest BCUT2D eigenvalue weighted by atomic mass is 9.79. The van der Waals surface area contributed by atoms with Crippen LogP contribution in [0.15, 0.2) is 24.3 Å². The Morgan fingerprint density at radius 2 is 1.21 bits per heavy atom. The van der Waals surface area contributed by atoms with E-state index in [-0.39, 0.29) is 6.42 Å². The summed E-state index contributed by atoms with van der Waals surface area (Å²) in [5.74, 6) is -1.54. The average Bonchev–Trinajstić information content (AvgIpc) is 3.46. The summed E-state index contributed by atoms with van der Waals surface area (Å²) in [5, 5.41) is 0.980. The third-order valence-electron chi connectivity index (χ3n) is 6.73. The standard InChI is InChI=1S/C14H14ClF3O2.C14H15ClF2O2/c1-13(2,7-11(19)14(16,17)18)10-6-9(15)5-8-3-4-20-12(8)10;1-14(2,7-11(18)13(16)17)10-6-9(15)5-8-3-4-19-12(8)10/h5-6H,3-4,7H2,1-2H3;5-6,13H,3-4,7H2,1-2H3. The van der Waals surface area contributed by atoms with Gasteiger partial charge in [0.1, 0.15) is 11.5 Å². The first kappa shape index (κ1) is 31.1. The molecule has 0 fully saturated rings. The van der Waals surface area contributed by atoms with Gasteiger partial charge in [0.25, 0.3) is 6.43 Å². The second kappa shape index (κ2) is 11.6. The number of benzene rings is 2. The fourth-order valence-electron chi connectivity index (χ4n) is 4.75. The molecule has 2 heterocycles. The Balaban J connectivity index is 0.000000216. The minimum Gasteiger partial charge on any atom is -0.493 e. The van der Waals surface area contributed by atoms with Gasteiger partial charge in [-0.05, 0) is 35.4 Å². The van der Waals surface area contributed by atoms with Crippen LogP contribution in [0.1, 0.15) is 62.8 Å². The lowest BCUT2D eigenvalue weighted by molar-refractivity contribution is -0.172. The van der Waals surface area contributed by atoms with Gasteiger partial charge in [-0.3, -0.25) is 9.59 Å². The number of hydrogen-bond donors (Lipinski definition) is 0. The smallest absolute Gasteiger partial charge is 0.450 e. The molecule has 0 amide bonds. The van der Waals surface area contributed by atoms with E-state index >= 15 is 0 Å². The first-order valence-corrected chi connectivity index (χ1v) is 13.0. The molecular formula is C28H29Cl2F5O4. The molecule has 11 heteroatoms. The van der Waals surface area contributed by atoms with Crippen molar-refractivity contribution in [2.45, 2.75) is 76.8 Å². The summed E-state index contributed by atoms with van der Waals surface area (Å²) in [7, 11) is 0. The summed E-state index contributed by atoms with van der Waals surface area (Å²) in [6.45, 7) is 7.71. The Labute approximate surface area is 233 Å². The van der Waals surface area contributed by atoms with Crippen molar-refractivity contribution in [1.29, 1.82) is 0 Å². The molecule has 0 aromatic heterocycles. The highest BCUT2D eigenvalue weighted by Crippen LogP contribution is 2.43. The maximum atomic E-state index is 12.4. The number of halogens is 7. The molecule has 0 spiro atoms. The zero-order valence-corrected chi connectivity index (χ0v) is 23.4. The highest BCUT2D eigenvalue weighted by atomic mass is 35.5. The molecule has 214 valence electrons. The monoisotopic (exact) mass is 594 g/mol. The van der Waals surface area contributed by atoms with Gasteiger partial charge in [-0.1, -0.05) is 50.9 Å². The largest absolute Gasteiger partial charge is 0.493 e. The van der Waals surface area contributed by atoms with E-state index in [2.05, 4.69) is 0 Å². The number of alkyl halides is 5. The molecular weight excluding hydrogens is 566 g/mol. The Morgan fingerprint density at radius 1 is 0.795 bits per heavy atom. The third-order valence-corrected chi connectivity index (χ3v) is 7.17. The minimum atomic E-state index is -4.82. The van der Waals surface area contributed by atoms with E-state index in [0.29, 0.717) is 46.7 Å². The summed E-state index contributed by atoms with van der Waals surface area (Å²) in [6, 6.07) is 6.84. The van der Waals surface area contributed by atoms with E-state index in [9.17, 15) is 31.5 Å². The Kier molecular flexibility index (Phi) is 9.27. The Bertz CT molecular complexity index is 1260. The topological polar surface area (TPSA) is 52.6 Å². The molecule has 2 aromatic rings. The molecule has 0 N–H and O–H groups in total. The molecule has 2 aliphatic rings. The predicted octanol–water partition coefficient (Wildman–Crippen LogP) is 7.85. The average molecular weight is 595 g/mol. The molecule has 0 unspecified atom stereocenters. The van der Waals surface area contributed by atoms with Gasteiger partial charge in [-0.15, -0.1) is 0 Å². The number of hydrogen-bond acceptors (Lipinski definition) is 4. The lowest BCUT2D eigenvalue weighted by Gasteiger charge is -2.27. The van der Waals surface area contributed by atoms with E-state index in [1.807, 2.05) is 6.07 Å². The number of carbonyl (C=O) groups excluding carboxylic acids is 2. The lowest BCUT2D eigenvalue weighted by Crippen LogP contribution is -2.31. The van der Waals surface area contributed by atoms with Crippen LogP contribution in [0.5, 0.6) is 11.5 Å². The van der Waals surface area contributed by atoms with Gasteiger partial charge in [0, 0.05) is 57.7 Å². The summed E-state index contributed by atoms with van der Waals surface area (Å²) < 4.78 is 73.2. The van der Waals surface area contributed by atoms with Crippen LogP contribution in [0.25, 0.3) is 0 Å². The van der Waals surface area contributed by atoms with Crippen molar-refractivity contribution in [2.24, 2.45) is 0 Å². The summed E-state index contributed by atoms with van der Waals surface area (Å²) in [5.41, 5.74) is 1.40. The van der Waals surface area contributed by atoms with Crippen LogP contribution >= 0.6 is 23.2 Å². The SMILES string of the molecule is CC(C)(CC(=O)C(F)(F)F)c1cc(Cl)cc2c1OCC2.CC(C)(CC(=O)C(F)F)c1cc(Cl)cc2c1OCC2. The highest BCUT2D eigenvalue weighted by molar-refractivity contribution is 6.31. The zero-order valence-electron chi connectivity index (χ0n) is 21.9. The number of Topliss-reactive ketones (excluding diaryl/α,β-unsaturated/α-hetero) is 2. The van der Waals surface area contributed by atoms with Crippen molar-refractivity contribution in [1.82, 2.24) is 0 Å². The predicted molar refractivity (Wildman–Crippen MR) is 139 cm³/mol. The molecule has 4 nitrogen and oxygen atoms in total. The molecule has 2 aliphatic heterocycles. The number of ketones is 2. The van der Waals surface area contributed by atoms with Crippen LogP contribution in [0.2, 0.25) is 10.0 Å². The molecule has 39 heavy (non-hydrogen) atoms. The first-order valence-electron chi connectivity index (χ1n) is 12.2. The number of carbonyl (C=O) groups is 2. The molecule has 0 aliphatic carbocycles. The van der Waals surface area contributed by atoms with E-state index in [4.69, 9.17) is 32.7 Å². The molecule has 0 saturated heterocycles. The fraction of sp³-hybridized carbons (Fsp3) is 0.500. The molecule has 0 radical (unpaired) electrons. The first-order chi connectivity index (χ1) is 17.9. The van der Waals surface area contributed by atoms with E-state index in [1.54, 1.807) is 45.9 Å². The Morgan fingerprint density at radius 3 is 1.59 bits per heavy atom. The van der Waals surface area contributed by atoms with Crippen molar-refractivity contribution in [3.05, 3.63) is 56.6 Å². The van der Waals surface area contributed by atoms with Crippen LogP contribution in [-0.4, -0.2) is 37.4 Å². The van der Waals surface area contributed by atoms with Crippen molar-refractivity contribution >= 4 is 34.8 Å². The third kappa shape index (κ3) is 7.42. The molecule has 0 saturated carbocycles. The van der Waals surface area contributed by atoms with Crippen LogP contribution < -0.4 is 9.47 Å². The van der Waals surface area contributed by atoms with E-state index < -0.39 is 41.4 Å². The second-order valence-electron chi connectivity index (χ2n) is 10.9. The van der Waals surface area contributed by atoms with Crippen LogP contribution in [0, 0.1) is 0 Å². The molecule has 0 bridgehead atoms. The van der Waals surface area contributed by atoms with Gasteiger partial charge in [-0.25, -0.2) is 8.78 Å². The molecule has 0 atom stereocenters. The highest BCUT2D eigenvalue weighted by Gasteiger charge is 2.43. The second-order valence-corrected chi connectivity index (χ2v) is 11.8. The Hall–Kier alpha value is -2.39. The number of rotatable bonds is 7. The molecule has 2 aromatic carbocycles. The van der Waals surface area contributed by atoms with Crippen molar-refractivity contribution in [3.63, 3.8) is 0 Å². The van der Waals surface area contributed by atoms with Crippen molar-refractivity contribution in [3.8, 4) is 11.5 Å². The van der Waals surface area contributed by atoms with Gasteiger partial charge in [0.2, 0.25) is 5.78 Å². The normalized spacial score (nSPS) is 14.7. The van der Waals surface area contributed by atoms with E-state index in [0.717, 1.165) is 23.1 Å². The number of ether oxygens (including phenoxy) is 2. The van der Waals surface area contributed by atoms with Crippen molar-refractivity contribution in [2.75, 3.05) is 13.2 Å². The fourth-order valence-corrected chi connectivity index (χ4v) is 5.23. The van der Waals surface area contributed by atoms with E-state index in [1.165, 1.54) is 0 Å². The summed E-state index contributed by atoms with van der Waals surface area (Å²) in [6.07, 6.45) is -7.20. The van der Waals surface area contributed by atoms with Crippen LogP contribution in [-0.2, 0) is 33.3 Å².